The Morgan fingerprint density at radius 2 is 1.84 bits per heavy atom. The maximum Gasteiger partial charge on any atom is 0.282 e. The van der Waals surface area contributed by atoms with E-state index in [0.717, 1.165) is 10.0 Å². The summed E-state index contributed by atoms with van der Waals surface area (Å²) in [6.45, 7) is 4.38. The van der Waals surface area contributed by atoms with E-state index in [1.54, 1.807) is 42.6 Å². The minimum Gasteiger partial charge on any atom is -0.490 e. The molecule has 190 valence electrons. The fourth-order valence-corrected chi connectivity index (χ4v) is 4.54. The van der Waals surface area contributed by atoms with Crippen molar-refractivity contribution in [2.24, 2.45) is 5.10 Å². The summed E-state index contributed by atoms with van der Waals surface area (Å²) in [5.74, 6) is 1.52. The van der Waals surface area contributed by atoms with Crippen molar-refractivity contribution >= 4 is 54.7 Å². The number of aromatic nitrogens is 2. The van der Waals surface area contributed by atoms with Crippen LogP contribution >= 0.6 is 31.9 Å². The lowest BCUT2D eigenvalue weighted by Crippen LogP contribution is -2.22. The Morgan fingerprint density at radius 1 is 1.08 bits per heavy atom. The van der Waals surface area contributed by atoms with Gasteiger partial charge in [-0.1, -0.05) is 22.9 Å². The number of hydrogen-bond donors (Lipinski definition) is 0. The Bertz CT molecular complexity index is 1550. The summed E-state index contributed by atoms with van der Waals surface area (Å²) in [7, 11) is 0. The lowest BCUT2D eigenvalue weighted by molar-refractivity contribution is -0.384. The van der Waals surface area contributed by atoms with E-state index in [4.69, 9.17) is 9.47 Å². The molecule has 0 aliphatic heterocycles. The van der Waals surface area contributed by atoms with E-state index in [1.807, 2.05) is 19.9 Å². The van der Waals surface area contributed by atoms with Crippen molar-refractivity contribution in [2.75, 3.05) is 6.61 Å². The first-order valence-electron chi connectivity index (χ1n) is 11.4. The highest BCUT2D eigenvalue weighted by atomic mass is 79.9. The number of rotatable bonds is 9. The lowest BCUT2D eigenvalue weighted by Gasteiger charge is -2.15. The van der Waals surface area contributed by atoms with Gasteiger partial charge in [0.2, 0.25) is 0 Å². The Morgan fingerprint density at radius 3 is 2.51 bits per heavy atom. The smallest absolute Gasteiger partial charge is 0.282 e. The molecule has 0 spiro atoms. The molecule has 0 aliphatic carbocycles. The van der Waals surface area contributed by atoms with Crippen LogP contribution < -0.4 is 15.0 Å². The first kappa shape index (κ1) is 26.5. The largest absolute Gasteiger partial charge is 0.490 e. The average molecular weight is 630 g/mol. The number of fused-ring (bicyclic) bond motifs is 1. The molecule has 0 amide bonds. The number of non-ortho nitro benzene ring substituents is 1. The number of ether oxygens (including phenoxy) is 2. The van der Waals surface area contributed by atoms with Gasteiger partial charge in [0.05, 0.1) is 33.1 Å². The summed E-state index contributed by atoms with van der Waals surface area (Å²) < 4.78 is 14.5. The summed E-state index contributed by atoms with van der Waals surface area (Å²) in [5.41, 5.74) is 1.83. The van der Waals surface area contributed by atoms with Gasteiger partial charge in [0.15, 0.2) is 11.5 Å². The van der Waals surface area contributed by atoms with Gasteiger partial charge in [0.25, 0.3) is 11.2 Å². The molecule has 0 atom stereocenters. The number of nitro groups is 1. The van der Waals surface area contributed by atoms with Gasteiger partial charge in [-0.05, 0) is 76.4 Å². The topological polar surface area (TPSA) is 109 Å². The van der Waals surface area contributed by atoms with Crippen LogP contribution in [0.5, 0.6) is 11.5 Å². The maximum absolute atomic E-state index is 13.1. The molecule has 9 nitrogen and oxygen atoms in total. The molecule has 0 aliphatic rings. The summed E-state index contributed by atoms with van der Waals surface area (Å²) in [6.07, 6.45) is 2.10. The molecule has 0 saturated carbocycles. The highest BCUT2D eigenvalue weighted by molar-refractivity contribution is 9.10. The normalized spacial score (nSPS) is 11.2. The molecule has 4 rings (SSSR count). The van der Waals surface area contributed by atoms with Crippen molar-refractivity contribution in [3.05, 3.63) is 101 Å². The van der Waals surface area contributed by atoms with Crippen molar-refractivity contribution in [1.29, 1.82) is 0 Å². The molecule has 0 bridgehead atoms. The minimum absolute atomic E-state index is 0.0168. The Hall–Kier alpha value is -3.57. The van der Waals surface area contributed by atoms with Crippen LogP contribution in [-0.2, 0) is 13.0 Å². The Labute approximate surface area is 229 Å². The van der Waals surface area contributed by atoms with Crippen LogP contribution in [-0.4, -0.2) is 27.4 Å². The molecule has 11 heteroatoms. The van der Waals surface area contributed by atoms with Gasteiger partial charge < -0.3 is 9.47 Å². The van der Waals surface area contributed by atoms with Crippen LogP contribution in [0.4, 0.5) is 5.69 Å². The molecule has 0 N–H and O–H groups in total. The predicted molar refractivity (Wildman–Crippen MR) is 149 cm³/mol. The van der Waals surface area contributed by atoms with Gasteiger partial charge in [0.1, 0.15) is 12.4 Å². The molecular weight excluding hydrogens is 608 g/mol. The number of hydrogen-bond acceptors (Lipinski definition) is 7. The zero-order chi connectivity index (χ0) is 26.5. The second-order valence-electron chi connectivity index (χ2n) is 7.88. The van der Waals surface area contributed by atoms with Crippen molar-refractivity contribution < 1.29 is 14.4 Å². The van der Waals surface area contributed by atoms with E-state index >= 15 is 0 Å². The fraction of sp³-hybridized carbons (Fsp3) is 0.192. The molecule has 1 aromatic heterocycles. The monoisotopic (exact) mass is 628 g/mol. The quantitative estimate of drug-likeness (QED) is 0.123. The van der Waals surface area contributed by atoms with Crippen LogP contribution in [0.1, 0.15) is 30.8 Å². The third-order valence-corrected chi connectivity index (χ3v) is 6.46. The van der Waals surface area contributed by atoms with Crippen LogP contribution in [0, 0.1) is 10.1 Å². The standard InChI is InChI=1S/C26H22Br2N4O5/c1-3-24-30-22-10-7-18(27)13-20(22)26(33)31(24)29-14-17-11-21(28)25(23(12-17)36-4-2)37-15-16-5-8-19(9-6-16)32(34)35/h5-14H,3-4,15H2,1-2H3. The second kappa shape index (κ2) is 11.7. The van der Waals surface area contributed by atoms with Gasteiger partial charge in [-0.15, -0.1) is 0 Å². The van der Waals surface area contributed by atoms with Crippen LogP contribution in [0.2, 0.25) is 0 Å². The van der Waals surface area contributed by atoms with E-state index in [1.165, 1.54) is 16.8 Å². The molecule has 0 saturated heterocycles. The van der Waals surface area contributed by atoms with E-state index in [0.29, 0.717) is 51.3 Å². The molecule has 0 radical (unpaired) electrons. The van der Waals surface area contributed by atoms with Crippen molar-refractivity contribution in [2.45, 2.75) is 26.9 Å². The van der Waals surface area contributed by atoms with E-state index in [2.05, 4.69) is 41.9 Å². The SMILES string of the molecule is CCOc1cc(C=Nn2c(CC)nc3ccc(Br)cc3c2=O)cc(Br)c1OCc1ccc([N+](=O)[O-])cc1. The summed E-state index contributed by atoms with van der Waals surface area (Å²) >= 11 is 6.94. The third kappa shape index (κ3) is 6.05. The number of nitro benzene ring substituents is 1. The van der Waals surface area contributed by atoms with Crippen molar-refractivity contribution in [1.82, 2.24) is 9.66 Å². The molecule has 3 aromatic carbocycles. The summed E-state index contributed by atoms with van der Waals surface area (Å²) in [5, 5.41) is 15.8. The lowest BCUT2D eigenvalue weighted by atomic mass is 10.2. The van der Waals surface area contributed by atoms with Gasteiger partial charge in [-0.3, -0.25) is 14.9 Å². The van der Waals surface area contributed by atoms with Gasteiger partial charge in [-0.25, -0.2) is 4.98 Å². The number of nitrogens with zero attached hydrogens (tertiary/aromatic N) is 4. The Balaban J connectivity index is 1.64. The van der Waals surface area contributed by atoms with E-state index < -0.39 is 4.92 Å². The van der Waals surface area contributed by atoms with Gasteiger partial charge in [0, 0.05) is 23.0 Å². The maximum atomic E-state index is 13.1. The molecule has 0 fully saturated rings. The zero-order valence-electron chi connectivity index (χ0n) is 20.0. The predicted octanol–water partition coefficient (Wildman–Crippen LogP) is 6.25. The van der Waals surface area contributed by atoms with Crippen LogP contribution in [0.3, 0.4) is 0 Å². The van der Waals surface area contributed by atoms with Crippen molar-refractivity contribution in [3.8, 4) is 11.5 Å². The molecule has 1 heterocycles. The minimum atomic E-state index is -0.445. The Kier molecular flexibility index (Phi) is 8.34. The fourth-order valence-electron chi connectivity index (χ4n) is 3.60. The van der Waals surface area contributed by atoms with Gasteiger partial charge in [-0.2, -0.15) is 9.78 Å². The third-order valence-electron chi connectivity index (χ3n) is 5.38. The first-order chi connectivity index (χ1) is 17.8. The molecule has 0 unspecified atom stereocenters. The van der Waals surface area contributed by atoms with Gasteiger partial charge >= 0.3 is 0 Å². The number of benzene rings is 3. The number of halogens is 2. The van der Waals surface area contributed by atoms with Crippen LogP contribution in [0.15, 0.2) is 73.4 Å². The van der Waals surface area contributed by atoms with E-state index in [9.17, 15) is 14.9 Å². The number of aryl methyl sites for hydroxylation is 1. The molecular formula is C26H22Br2N4O5. The molecule has 37 heavy (non-hydrogen) atoms. The van der Waals surface area contributed by atoms with E-state index in [-0.39, 0.29) is 17.9 Å². The first-order valence-corrected chi connectivity index (χ1v) is 13.0. The highest BCUT2D eigenvalue weighted by Gasteiger charge is 2.14. The molecule has 4 aromatic rings. The zero-order valence-corrected chi connectivity index (χ0v) is 23.2. The average Bonchev–Trinajstić information content (AvgIpc) is 2.88. The van der Waals surface area contributed by atoms with Crippen molar-refractivity contribution in [3.63, 3.8) is 0 Å². The second-order valence-corrected chi connectivity index (χ2v) is 9.65. The highest BCUT2D eigenvalue weighted by Crippen LogP contribution is 2.37. The van der Waals surface area contributed by atoms with Crippen LogP contribution in [0.25, 0.3) is 10.9 Å². The summed E-state index contributed by atoms with van der Waals surface area (Å²) in [6, 6.07) is 15.1. The summed E-state index contributed by atoms with van der Waals surface area (Å²) in [4.78, 5) is 28.2.